The van der Waals surface area contributed by atoms with Crippen molar-refractivity contribution in [3.63, 3.8) is 0 Å². The Morgan fingerprint density at radius 3 is 2.67 bits per heavy atom. The Labute approximate surface area is 131 Å². The van der Waals surface area contributed by atoms with Crippen molar-refractivity contribution in [1.29, 1.82) is 0 Å². The summed E-state index contributed by atoms with van der Waals surface area (Å²) in [4.78, 5) is 0.261. The first-order valence-corrected chi connectivity index (χ1v) is 9.78. The van der Waals surface area contributed by atoms with E-state index in [0.717, 1.165) is 6.42 Å². The van der Waals surface area contributed by atoms with E-state index >= 15 is 0 Å². The van der Waals surface area contributed by atoms with Gasteiger partial charge in [-0.05, 0) is 32.9 Å². The Morgan fingerprint density at radius 2 is 2.10 bits per heavy atom. The summed E-state index contributed by atoms with van der Waals surface area (Å²) < 4.78 is 29.1. The van der Waals surface area contributed by atoms with E-state index in [1.54, 1.807) is 30.3 Å². The molecule has 0 aliphatic carbocycles. The molecule has 0 fully saturated rings. The van der Waals surface area contributed by atoms with Crippen molar-refractivity contribution >= 4 is 21.8 Å². The fourth-order valence-electron chi connectivity index (χ4n) is 2.09. The summed E-state index contributed by atoms with van der Waals surface area (Å²) in [6.07, 6.45) is 3.36. The van der Waals surface area contributed by atoms with Crippen molar-refractivity contribution in [2.45, 2.75) is 50.3 Å². The summed E-state index contributed by atoms with van der Waals surface area (Å²) >= 11 is 1.72. The Morgan fingerprint density at radius 1 is 1.43 bits per heavy atom. The molecule has 1 atom stereocenters. The van der Waals surface area contributed by atoms with E-state index in [4.69, 9.17) is 5.11 Å². The largest absolute Gasteiger partial charge is 0.396 e. The minimum atomic E-state index is -3.53. The molecule has 1 aromatic rings. The average molecular weight is 335 g/mol. The number of rotatable bonds is 9. The van der Waals surface area contributed by atoms with E-state index in [0.29, 0.717) is 36.1 Å². The van der Waals surface area contributed by atoms with Gasteiger partial charge in [0.15, 0.2) is 0 Å². The number of sulfonamides is 1. The highest BCUT2D eigenvalue weighted by Crippen LogP contribution is 2.19. The van der Waals surface area contributed by atoms with Crippen molar-refractivity contribution < 1.29 is 13.5 Å². The van der Waals surface area contributed by atoms with Gasteiger partial charge in [-0.1, -0.05) is 6.92 Å². The second kappa shape index (κ2) is 8.17. The van der Waals surface area contributed by atoms with Gasteiger partial charge >= 0.3 is 0 Å². The molecule has 122 valence electrons. The molecule has 0 radical (unpaired) electrons. The number of hydrogen-bond acceptors (Lipinski definition) is 5. The lowest BCUT2D eigenvalue weighted by Crippen LogP contribution is -2.27. The Bertz CT molecular complexity index is 555. The molecule has 1 aromatic heterocycles. The average Bonchev–Trinajstić information content (AvgIpc) is 2.71. The third kappa shape index (κ3) is 4.98. The predicted octanol–water partition coefficient (Wildman–Crippen LogP) is 1.30. The van der Waals surface area contributed by atoms with Crippen LogP contribution < -0.4 is 4.72 Å². The number of hydrogen-bond donors (Lipinski definition) is 2. The third-order valence-electron chi connectivity index (χ3n) is 3.36. The Balaban J connectivity index is 2.85. The van der Waals surface area contributed by atoms with E-state index < -0.39 is 10.0 Å². The highest BCUT2D eigenvalue weighted by Gasteiger charge is 2.24. The molecule has 0 amide bonds. The summed E-state index contributed by atoms with van der Waals surface area (Å²) in [5, 5.41) is 13.5. The lowest BCUT2D eigenvalue weighted by Gasteiger charge is -2.10. The first kappa shape index (κ1) is 18.5. The van der Waals surface area contributed by atoms with Crippen LogP contribution in [0.15, 0.2) is 4.90 Å². The minimum absolute atomic E-state index is 0.0608. The predicted molar refractivity (Wildman–Crippen MR) is 86.2 cm³/mol. The highest BCUT2D eigenvalue weighted by atomic mass is 32.2. The van der Waals surface area contributed by atoms with Crippen LogP contribution in [0.1, 0.15) is 31.2 Å². The molecule has 1 heterocycles. The number of nitrogens with zero attached hydrogens (tertiary/aromatic N) is 2. The fourth-order valence-corrected chi connectivity index (χ4v) is 3.90. The highest BCUT2D eigenvalue weighted by molar-refractivity contribution is 7.99. The molecule has 21 heavy (non-hydrogen) atoms. The molecule has 0 saturated carbocycles. The zero-order chi connectivity index (χ0) is 16.0. The van der Waals surface area contributed by atoms with Crippen LogP contribution in [0.5, 0.6) is 0 Å². The van der Waals surface area contributed by atoms with Gasteiger partial charge < -0.3 is 5.11 Å². The van der Waals surface area contributed by atoms with Crippen molar-refractivity contribution in [3.8, 4) is 0 Å². The molecule has 0 spiro atoms. The van der Waals surface area contributed by atoms with Crippen LogP contribution in [0, 0.1) is 13.8 Å². The van der Waals surface area contributed by atoms with Gasteiger partial charge in [0.1, 0.15) is 4.90 Å². The summed E-state index contributed by atoms with van der Waals surface area (Å²) in [7, 11) is -3.53. The maximum absolute atomic E-state index is 12.4. The van der Waals surface area contributed by atoms with Gasteiger partial charge in [0.2, 0.25) is 10.0 Å². The van der Waals surface area contributed by atoms with E-state index in [1.165, 1.54) is 0 Å². The van der Waals surface area contributed by atoms with Crippen LogP contribution in [0.2, 0.25) is 0 Å². The van der Waals surface area contributed by atoms with Gasteiger partial charge in [-0.3, -0.25) is 4.68 Å². The molecule has 1 unspecified atom stereocenters. The van der Waals surface area contributed by atoms with Crippen molar-refractivity contribution in [1.82, 2.24) is 14.5 Å². The Hall–Kier alpha value is -0.570. The number of aryl methyl sites for hydroxylation is 2. The van der Waals surface area contributed by atoms with Crippen molar-refractivity contribution in [2.24, 2.45) is 0 Å². The van der Waals surface area contributed by atoms with Crippen LogP contribution in [-0.4, -0.2) is 48.0 Å². The monoisotopic (exact) mass is 335 g/mol. The van der Waals surface area contributed by atoms with Gasteiger partial charge in [-0.25, -0.2) is 13.1 Å². The van der Waals surface area contributed by atoms with Crippen LogP contribution in [0.25, 0.3) is 0 Å². The lowest BCUT2D eigenvalue weighted by molar-refractivity contribution is 0.276. The second-order valence-electron chi connectivity index (χ2n) is 5.03. The first-order valence-electron chi connectivity index (χ1n) is 7.00. The quantitative estimate of drug-likeness (QED) is 0.711. The normalized spacial score (nSPS) is 13.6. The number of nitrogens with one attached hydrogen (secondary N) is 1. The van der Waals surface area contributed by atoms with Crippen LogP contribution in [-0.2, 0) is 16.6 Å². The summed E-state index contributed by atoms with van der Waals surface area (Å²) in [6.45, 7) is 6.51. The molecule has 0 aliphatic heterocycles. The first-order chi connectivity index (χ1) is 9.83. The molecule has 0 saturated heterocycles. The lowest BCUT2D eigenvalue weighted by atomic mass is 10.3. The zero-order valence-corrected chi connectivity index (χ0v) is 14.7. The van der Waals surface area contributed by atoms with Gasteiger partial charge in [0.25, 0.3) is 0 Å². The van der Waals surface area contributed by atoms with Gasteiger partial charge in [0, 0.05) is 24.9 Å². The van der Waals surface area contributed by atoms with Crippen LogP contribution >= 0.6 is 11.8 Å². The van der Waals surface area contributed by atoms with Gasteiger partial charge in [0.05, 0.1) is 11.4 Å². The molecule has 0 aliphatic rings. The number of aromatic nitrogens is 2. The summed E-state index contributed by atoms with van der Waals surface area (Å²) in [5.74, 6) is 0. The smallest absolute Gasteiger partial charge is 0.244 e. The van der Waals surface area contributed by atoms with Gasteiger partial charge in [-0.2, -0.15) is 16.9 Å². The summed E-state index contributed by atoms with van der Waals surface area (Å²) in [6, 6.07) is 0. The van der Waals surface area contributed by atoms with E-state index in [-0.39, 0.29) is 11.5 Å². The maximum atomic E-state index is 12.4. The minimum Gasteiger partial charge on any atom is -0.396 e. The number of aliphatic hydroxyl groups is 1. The molecule has 2 N–H and O–H groups in total. The molecule has 1 rings (SSSR count). The topological polar surface area (TPSA) is 84.2 Å². The van der Waals surface area contributed by atoms with Gasteiger partial charge in [-0.15, -0.1) is 0 Å². The van der Waals surface area contributed by atoms with E-state index in [2.05, 4.69) is 16.7 Å². The van der Waals surface area contributed by atoms with E-state index in [1.807, 2.05) is 6.26 Å². The molecule has 8 heteroatoms. The third-order valence-corrected chi connectivity index (χ3v) is 6.11. The number of thioether (sulfide) groups is 1. The van der Waals surface area contributed by atoms with Crippen molar-refractivity contribution in [2.75, 3.05) is 19.4 Å². The molecular weight excluding hydrogens is 310 g/mol. The zero-order valence-electron chi connectivity index (χ0n) is 13.1. The Kier molecular flexibility index (Phi) is 7.19. The maximum Gasteiger partial charge on any atom is 0.244 e. The molecular formula is C13H25N3O3S2. The van der Waals surface area contributed by atoms with E-state index in [9.17, 15) is 8.42 Å². The number of aliphatic hydroxyl groups excluding tert-OH is 1. The molecule has 6 nitrogen and oxygen atoms in total. The molecule has 0 bridgehead atoms. The fraction of sp³-hybridized carbons (Fsp3) is 0.769. The SMILES string of the molecule is CSC(C)CCNS(=O)(=O)c1c(C)nn(CCCO)c1C. The summed E-state index contributed by atoms with van der Waals surface area (Å²) in [5.41, 5.74) is 1.11. The van der Waals surface area contributed by atoms with Crippen molar-refractivity contribution in [3.05, 3.63) is 11.4 Å². The van der Waals surface area contributed by atoms with Crippen LogP contribution in [0.4, 0.5) is 0 Å². The second-order valence-corrected chi connectivity index (χ2v) is 8.01. The van der Waals surface area contributed by atoms with Crippen LogP contribution in [0.3, 0.4) is 0 Å². The molecule has 0 aromatic carbocycles. The standard InChI is InChI=1S/C13H25N3O3S2/c1-10(20-4)6-7-14-21(18,19)13-11(2)15-16(12(13)3)8-5-9-17/h10,14,17H,5-9H2,1-4H3.